The molecule has 3 fully saturated rings. The third kappa shape index (κ3) is 6.11. The molecule has 0 spiro atoms. The maximum atomic E-state index is 12.6. The fourth-order valence-corrected chi connectivity index (χ4v) is 5.22. The topological polar surface area (TPSA) is 60.9 Å². The lowest BCUT2D eigenvalue weighted by molar-refractivity contribution is -0.141. The summed E-state index contributed by atoms with van der Waals surface area (Å²) in [7, 11) is 0. The Morgan fingerprint density at radius 3 is 2.06 bits per heavy atom. The first-order chi connectivity index (χ1) is 15.5. The highest BCUT2D eigenvalue weighted by Crippen LogP contribution is 2.39. The van der Waals surface area contributed by atoms with Crippen LogP contribution in [0.4, 0.5) is 18.0 Å². The molecule has 3 heterocycles. The Morgan fingerprint density at radius 1 is 0.939 bits per heavy atom. The van der Waals surface area contributed by atoms with E-state index in [-0.39, 0.29) is 36.5 Å². The maximum absolute atomic E-state index is 12.6. The largest absolute Gasteiger partial charge is 0.489 e. The zero-order valence-electron chi connectivity index (χ0n) is 19.4. The molecule has 1 aliphatic carbocycles. The molecule has 1 unspecified atom stereocenters. The molecule has 2 bridgehead atoms. The number of halogens is 3. The van der Waals surface area contributed by atoms with Crippen LogP contribution in [0.1, 0.15) is 77.8 Å². The van der Waals surface area contributed by atoms with Gasteiger partial charge in [-0.1, -0.05) is 0 Å². The van der Waals surface area contributed by atoms with Crippen LogP contribution in [0.3, 0.4) is 0 Å². The highest BCUT2D eigenvalue weighted by Gasteiger charge is 2.45. The SMILES string of the molecule is CC(C)(C)OC(=O)N1[C@@H]2CC[C@H]1CC(OC1CCC(Oc3ccc(C(F)(F)F)nc3)CC1)C2. The number of piperidine rings is 1. The van der Waals surface area contributed by atoms with Gasteiger partial charge in [0.05, 0.1) is 24.5 Å². The van der Waals surface area contributed by atoms with Crippen molar-refractivity contribution in [1.29, 1.82) is 0 Å². The number of hydrogen-bond acceptors (Lipinski definition) is 5. The molecule has 9 heteroatoms. The summed E-state index contributed by atoms with van der Waals surface area (Å²) in [5.41, 5.74) is -1.42. The number of nitrogens with zero attached hydrogens (tertiary/aromatic N) is 2. The summed E-state index contributed by atoms with van der Waals surface area (Å²) < 4.78 is 55.8. The van der Waals surface area contributed by atoms with Gasteiger partial charge < -0.3 is 19.1 Å². The minimum atomic E-state index is -4.45. The van der Waals surface area contributed by atoms with Crippen molar-refractivity contribution in [3.8, 4) is 5.75 Å². The molecule has 1 aromatic rings. The summed E-state index contributed by atoms with van der Waals surface area (Å²) in [4.78, 5) is 18.0. The van der Waals surface area contributed by atoms with Crippen LogP contribution in [0.2, 0.25) is 0 Å². The number of rotatable bonds is 4. The average molecular weight is 471 g/mol. The predicted octanol–water partition coefficient (Wildman–Crippen LogP) is 5.74. The van der Waals surface area contributed by atoms with E-state index < -0.39 is 17.5 Å². The Kier molecular flexibility index (Phi) is 6.80. The summed E-state index contributed by atoms with van der Waals surface area (Å²) in [5.74, 6) is 0.360. The van der Waals surface area contributed by atoms with E-state index in [1.807, 2.05) is 25.7 Å². The Labute approximate surface area is 192 Å². The average Bonchev–Trinajstić information content (AvgIpc) is 2.99. The lowest BCUT2D eigenvalue weighted by atomic mass is 9.93. The van der Waals surface area contributed by atoms with Crippen LogP contribution in [-0.4, -0.2) is 52.0 Å². The number of pyridine rings is 1. The number of hydrogen-bond donors (Lipinski definition) is 0. The summed E-state index contributed by atoms with van der Waals surface area (Å²) in [6, 6.07) is 2.63. The second kappa shape index (κ2) is 9.31. The molecule has 0 aromatic carbocycles. The zero-order valence-corrected chi connectivity index (χ0v) is 19.4. The first-order valence-corrected chi connectivity index (χ1v) is 11.8. The molecule has 3 aliphatic rings. The number of carbonyl (C=O) groups is 1. The van der Waals surface area contributed by atoms with Gasteiger partial charge in [0.1, 0.15) is 17.0 Å². The van der Waals surface area contributed by atoms with Crippen LogP contribution in [-0.2, 0) is 15.7 Å². The van der Waals surface area contributed by atoms with Gasteiger partial charge in [-0.05, 0) is 84.3 Å². The number of aromatic nitrogens is 1. The predicted molar refractivity (Wildman–Crippen MR) is 115 cm³/mol. The zero-order chi connectivity index (χ0) is 23.8. The smallest absolute Gasteiger partial charge is 0.433 e. The fraction of sp³-hybridized carbons (Fsp3) is 0.750. The minimum Gasteiger partial charge on any atom is -0.489 e. The van der Waals surface area contributed by atoms with Gasteiger partial charge in [0.2, 0.25) is 0 Å². The maximum Gasteiger partial charge on any atom is 0.433 e. The molecule has 0 N–H and O–H groups in total. The molecule has 2 saturated heterocycles. The van der Waals surface area contributed by atoms with Crippen molar-refractivity contribution in [2.75, 3.05) is 0 Å². The van der Waals surface area contributed by atoms with Gasteiger partial charge in [-0.2, -0.15) is 13.2 Å². The highest BCUT2D eigenvalue weighted by molar-refractivity contribution is 5.69. The lowest BCUT2D eigenvalue weighted by Crippen LogP contribution is -2.50. The summed E-state index contributed by atoms with van der Waals surface area (Å²) in [5, 5.41) is 0. The molecule has 1 saturated carbocycles. The van der Waals surface area contributed by atoms with Gasteiger partial charge in [-0.25, -0.2) is 9.78 Å². The van der Waals surface area contributed by atoms with Crippen molar-refractivity contribution >= 4 is 6.09 Å². The number of fused-ring (bicyclic) bond motifs is 2. The Morgan fingerprint density at radius 2 is 1.55 bits per heavy atom. The van der Waals surface area contributed by atoms with Crippen molar-refractivity contribution in [2.45, 2.75) is 114 Å². The number of carbonyl (C=O) groups excluding carboxylic acids is 1. The molecule has 33 heavy (non-hydrogen) atoms. The number of alkyl halides is 3. The van der Waals surface area contributed by atoms with Crippen LogP contribution >= 0.6 is 0 Å². The standard InChI is InChI=1S/C24H33F3N2O4/c1-23(2,3)33-22(30)29-15-4-5-16(29)13-20(12-15)32-18-8-6-17(7-9-18)31-19-10-11-21(28-14-19)24(25,26)27/h10-11,14-18,20H,4-9,12-13H2,1-3H3/t15-,16+,17?,18?,20?. The van der Waals surface area contributed by atoms with E-state index in [1.165, 1.54) is 6.07 Å². The third-order valence-corrected chi connectivity index (χ3v) is 6.63. The van der Waals surface area contributed by atoms with Crippen LogP contribution in [0.15, 0.2) is 18.3 Å². The van der Waals surface area contributed by atoms with Gasteiger partial charge in [0.25, 0.3) is 0 Å². The number of amides is 1. The van der Waals surface area contributed by atoms with Crippen LogP contribution in [0, 0.1) is 0 Å². The first kappa shape index (κ1) is 24.1. The second-order valence-electron chi connectivity index (χ2n) is 10.4. The molecule has 1 aromatic heterocycles. The number of ether oxygens (including phenoxy) is 3. The molecule has 1 amide bonds. The monoisotopic (exact) mass is 470 g/mol. The minimum absolute atomic E-state index is 0.0476. The normalized spacial score (nSPS) is 30.2. The van der Waals surface area contributed by atoms with Gasteiger partial charge in [0.15, 0.2) is 0 Å². The van der Waals surface area contributed by atoms with E-state index in [4.69, 9.17) is 14.2 Å². The molecule has 2 aliphatic heterocycles. The summed E-state index contributed by atoms with van der Waals surface area (Å²) in [6.07, 6.45) is 3.64. The van der Waals surface area contributed by atoms with Crippen molar-refractivity contribution in [1.82, 2.24) is 9.88 Å². The summed E-state index contributed by atoms with van der Waals surface area (Å²) >= 11 is 0. The van der Waals surface area contributed by atoms with E-state index >= 15 is 0 Å². The van der Waals surface area contributed by atoms with Crippen molar-refractivity contribution in [3.63, 3.8) is 0 Å². The quantitative estimate of drug-likeness (QED) is 0.562. The lowest BCUT2D eigenvalue weighted by Gasteiger charge is -2.41. The second-order valence-corrected chi connectivity index (χ2v) is 10.4. The fourth-order valence-electron chi connectivity index (χ4n) is 5.22. The van der Waals surface area contributed by atoms with Crippen molar-refractivity contribution in [3.05, 3.63) is 24.0 Å². The first-order valence-electron chi connectivity index (χ1n) is 11.8. The van der Waals surface area contributed by atoms with Gasteiger partial charge in [0, 0.05) is 12.1 Å². The van der Waals surface area contributed by atoms with Crippen LogP contribution in [0.25, 0.3) is 0 Å². The van der Waals surface area contributed by atoms with E-state index in [0.717, 1.165) is 63.6 Å². The summed E-state index contributed by atoms with van der Waals surface area (Å²) in [6.45, 7) is 5.66. The molecule has 3 atom stereocenters. The Bertz CT molecular complexity index is 802. The van der Waals surface area contributed by atoms with Gasteiger partial charge >= 0.3 is 12.3 Å². The third-order valence-electron chi connectivity index (χ3n) is 6.63. The highest BCUT2D eigenvalue weighted by atomic mass is 19.4. The molecular weight excluding hydrogens is 437 g/mol. The van der Waals surface area contributed by atoms with E-state index in [9.17, 15) is 18.0 Å². The van der Waals surface area contributed by atoms with E-state index in [2.05, 4.69) is 4.98 Å². The molecule has 4 rings (SSSR count). The molecule has 184 valence electrons. The van der Waals surface area contributed by atoms with Crippen LogP contribution < -0.4 is 4.74 Å². The van der Waals surface area contributed by atoms with Gasteiger partial charge in [-0.3, -0.25) is 0 Å². The molecule has 0 radical (unpaired) electrons. The van der Waals surface area contributed by atoms with Crippen LogP contribution in [0.5, 0.6) is 5.75 Å². The van der Waals surface area contributed by atoms with Crippen molar-refractivity contribution in [2.24, 2.45) is 0 Å². The molecular formula is C24H33F3N2O4. The van der Waals surface area contributed by atoms with Crippen molar-refractivity contribution < 1.29 is 32.2 Å². The Balaban J connectivity index is 1.22. The van der Waals surface area contributed by atoms with Gasteiger partial charge in [-0.15, -0.1) is 0 Å². The van der Waals surface area contributed by atoms with E-state index in [0.29, 0.717) is 5.75 Å². The van der Waals surface area contributed by atoms with E-state index in [1.54, 1.807) is 0 Å². The molecule has 6 nitrogen and oxygen atoms in total. The Hall–Kier alpha value is -2.03.